The van der Waals surface area contributed by atoms with Crippen LogP contribution < -0.4 is 4.90 Å². The van der Waals surface area contributed by atoms with E-state index in [9.17, 15) is 4.79 Å². The smallest absolute Gasteiger partial charge is 0.180 e. The molecule has 0 spiro atoms. The normalized spacial score (nSPS) is 10.3. The van der Waals surface area contributed by atoms with Gasteiger partial charge in [0.15, 0.2) is 5.78 Å². The van der Waals surface area contributed by atoms with Crippen LogP contribution in [0.3, 0.4) is 0 Å². The zero-order valence-electron chi connectivity index (χ0n) is 11.6. The second-order valence-electron chi connectivity index (χ2n) is 4.66. The Hall–Kier alpha value is -1.68. The van der Waals surface area contributed by atoms with Gasteiger partial charge in [-0.2, -0.15) is 0 Å². The van der Waals surface area contributed by atoms with E-state index >= 15 is 0 Å². The van der Waals surface area contributed by atoms with Crippen LogP contribution >= 0.6 is 15.9 Å². The van der Waals surface area contributed by atoms with Crippen LogP contribution in [-0.2, 0) is 6.54 Å². The summed E-state index contributed by atoms with van der Waals surface area (Å²) in [7, 11) is 2.01. The fourth-order valence-electron chi connectivity index (χ4n) is 1.96. The van der Waals surface area contributed by atoms with Crippen molar-refractivity contribution in [3.63, 3.8) is 0 Å². The fraction of sp³-hybridized carbons (Fsp3) is 0.250. The maximum absolute atomic E-state index is 11.5. The van der Waals surface area contributed by atoms with Gasteiger partial charge in [0.1, 0.15) is 5.69 Å². The lowest BCUT2D eigenvalue weighted by molar-refractivity contribution is 0.0983. The summed E-state index contributed by atoms with van der Waals surface area (Å²) < 4.78 is 1.07. The van der Waals surface area contributed by atoms with Crippen LogP contribution in [0.5, 0.6) is 0 Å². The third-order valence-corrected chi connectivity index (χ3v) is 3.60. The highest BCUT2D eigenvalue weighted by Gasteiger charge is 2.07. The number of rotatable bonds is 5. The number of hydrogen-bond acceptors (Lipinski definition) is 3. The minimum atomic E-state index is 0.0752. The monoisotopic (exact) mass is 332 g/mol. The number of Topliss-reactive ketones (excluding diaryl/α,β-unsaturated/α-hetero) is 1. The Bertz CT molecular complexity index is 596. The number of hydrogen-bond donors (Lipinski definition) is 0. The maximum Gasteiger partial charge on any atom is 0.180 e. The zero-order chi connectivity index (χ0) is 14.5. The van der Waals surface area contributed by atoms with Crippen molar-refractivity contribution in [2.45, 2.75) is 19.9 Å². The molecule has 0 amide bonds. The van der Waals surface area contributed by atoms with E-state index in [0.717, 1.165) is 16.7 Å². The average molecular weight is 333 g/mol. The molecular weight excluding hydrogens is 316 g/mol. The maximum atomic E-state index is 11.5. The lowest BCUT2D eigenvalue weighted by atomic mass is 10.2. The van der Waals surface area contributed by atoms with Gasteiger partial charge in [0.25, 0.3) is 0 Å². The van der Waals surface area contributed by atoms with Gasteiger partial charge in [-0.25, -0.2) is 0 Å². The van der Waals surface area contributed by atoms with Crippen LogP contribution in [0.4, 0.5) is 5.69 Å². The van der Waals surface area contributed by atoms with Crippen LogP contribution in [0.2, 0.25) is 0 Å². The molecule has 0 N–H and O–H groups in total. The van der Waals surface area contributed by atoms with Crippen molar-refractivity contribution in [2.75, 3.05) is 11.9 Å². The molecule has 0 bridgehead atoms. The third kappa shape index (κ3) is 3.67. The van der Waals surface area contributed by atoms with Gasteiger partial charge < -0.3 is 4.90 Å². The first kappa shape index (κ1) is 14.7. The molecule has 1 heterocycles. The summed E-state index contributed by atoms with van der Waals surface area (Å²) in [6.45, 7) is 2.64. The summed E-state index contributed by atoms with van der Waals surface area (Å²) in [5.41, 5.74) is 2.75. The molecule has 0 aliphatic carbocycles. The molecule has 0 radical (unpaired) electrons. The number of carbonyl (C=O) groups is 1. The van der Waals surface area contributed by atoms with Crippen molar-refractivity contribution >= 4 is 27.4 Å². The number of aromatic nitrogens is 1. The Morgan fingerprint density at radius 1 is 1.30 bits per heavy atom. The predicted octanol–water partition coefficient (Wildman–Crippen LogP) is 4.07. The molecule has 2 aromatic rings. The lowest BCUT2D eigenvalue weighted by Crippen LogP contribution is -2.16. The van der Waals surface area contributed by atoms with E-state index in [1.165, 1.54) is 5.56 Å². The lowest BCUT2D eigenvalue weighted by Gasteiger charge is -2.19. The second-order valence-corrected chi connectivity index (χ2v) is 5.58. The van der Waals surface area contributed by atoms with E-state index in [1.54, 1.807) is 12.3 Å². The van der Waals surface area contributed by atoms with Crippen LogP contribution in [0, 0.1) is 0 Å². The zero-order valence-corrected chi connectivity index (χ0v) is 13.2. The quantitative estimate of drug-likeness (QED) is 0.773. The van der Waals surface area contributed by atoms with Crippen molar-refractivity contribution < 1.29 is 4.79 Å². The molecule has 0 saturated carbocycles. The van der Waals surface area contributed by atoms with Gasteiger partial charge in [-0.15, -0.1) is 0 Å². The van der Waals surface area contributed by atoms with Crippen LogP contribution in [0.1, 0.15) is 29.4 Å². The van der Waals surface area contributed by atoms with E-state index in [4.69, 9.17) is 0 Å². The topological polar surface area (TPSA) is 33.2 Å². The number of carbonyl (C=O) groups excluding carboxylic acids is 1. The molecule has 0 saturated heterocycles. The highest BCUT2D eigenvalue weighted by molar-refractivity contribution is 9.10. The minimum Gasteiger partial charge on any atom is -0.369 e. The van der Waals surface area contributed by atoms with E-state index in [2.05, 4.69) is 37.9 Å². The molecule has 20 heavy (non-hydrogen) atoms. The Morgan fingerprint density at radius 3 is 2.70 bits per heavy atom. The van der Waals surface area contributed by atoms with Crippen molar-refractivity contribution in [3.05, 3.63) is 58.3 Å². The molecule has 1 aromatic heterocycles. The molecule has 0 atom stereocenters. The molecule has 0 unspecified atom stereocenters. The number of ketones is 1. The summed E-state index contributed by atoms with van der Waals surface area (Å²) in [6.07, 6.45) is 2.24. The Kier molecular flexibility index (Phi) is 4.90. The van der Waals surface area contributed by atoms with Crippen molar-refractivity contribution in [2.24, 2.45) is 0 Å². The van der Waals surface area contributed by atoms with Crippen molar-refractivity contribution in [3.8, 4) is 0 Å². The van der Waals surface area contributed by atoms with Crippen molar-refractivity contribution in [1.29, 1.82) is 0 Å². The third-order valence-electron chi connectivity index (χ3n) is 3.10. The number of benzene rings is 1. The van der Waals surface area contributed by atoms with Gasteiger partial charge in [-0.3, -0.25) is 9.78 Å². The fourth-order valence-corrected chi connectivity index (χ4v) is 2.41. The molecule has 3 nitrogen and oxygen atoms in total. The number of pyridine rings is 1. The highest BCUT2D eigenvalue weighted by Crippen LogP contribution is 2.17. The van der Waals surface area contributed by atoms with Crippen molar-refractivity contribution in [1.82, 2.24) is 4.98 Å². The molecule has 4 heteroatoms. The molecule has 0 fully saturated rings. The number of halogens is 1. The summed E-state index contributed by atoms with van der Waals surface area (Å²) in [4.78, 5) is 17.9. The average Bonchev–Trinajstić information content (AvgIpc) is 2.46. The first-order valence-electron chi connectivity index (χ1n) is 6.55. The van der Waals surface area contributed by atoms with Crippen LogP contribution in [0.25, 0.3) is 0 Å². The number of anilines is 1. The molecule has 1 aromatic carbocycles. The molecule has 0 aliphatic heterocycles. The van der Waals surface area contributed by atoms with Gasteiger partial charge >= 0.3 is 0 Å². The molecule has 2 rings (SSSR count). The van der Waals surface area contributed by atoms with Gasteiger partial charge in [0.05, 0.1) is 11.9 Å². The Morgan fingerprint density at radius 2 is 2.10 bits per heavy atom. The molecule has 0 aliphatic rings. The predicted molar refractivity (Wildman–Crippen MR) is 85.1 cm³/mol. The number of nitrogens with zero attached hydrogens (tertiary/aromatic N) is 2. The molecular formula is C16H17BrN2O. The Labute approximate surface area is 127 Å². The second kappa shape index (κ2) is 6.66. The van der Waals surface area contributed by atoms with E-state index in [1.807, 2.05) is 32.2 Å². The van der Waals surface area contributed by atoms with Gasteiger partial charge in [0.2, 0.25) is 0 Å². The van der Waals surface area contributed by atoms with E-state index < -0.39 is 0 Å². The highest BCUT2D eigenvalue weighted by atomic mass is 79.9. The van der Waals surface area contributed by atoms with Crippen LogP contribution in [-0.4, -0.2) is 17.8 Å². The SMILES string of the molecule is CCC(=O)c1ccc(N(C)Cc2cccc(Br)c2)cn1. The summed E-state index contributed by atoms with van der Waals surface area (Å²) in [6, 6.07) is 11.9. The summed E-state index contributed by atoms with van der Waals surface area (Å²) in [5, 5.41) is 0. The minimum absolute atomic E-state index is 0.0752. The Balaban J connectivity index is 2.09. The standard InChI is InChI=1S/C16H17BrN2O/c1-3-16(20)15-8-7-14(10-18-15)19(2)11-12-5-4-6-13(17)9-12/h4-10H,3,11H2,1-2H3. The van der Waals surface area contributed by atoms with Gasteiger partial charge in [0, 0.05) is 24.5 Å². The van der Waals surface area contributed by atoms with E-state index in [-0.39, 0.29) is 5.78 Å². The van der Waals surface area contributed by atoms with Crippen LogP contribution in [0.15, 0.2) is 47.1 Å². The first-order chi connectivity index (χ1) is 9.60. The largest absolute Gasteiger partial charge is 0.369 e. The first-order valence-corrected chi connectivity index (χ1v) is 7.34. The van der Waals surface area contributed by atoms with Gasteiger partial charge in [-0.05, 0) is 29.8 Å². The summed E-state index contributed by atoms with van der Waals surface area (Å²) in [5.74, 6) is 0.0752. The van der Waals surface area contributed by atoms with Gasteiger partial charge in [-0.1, -0.05) is 35.0 Å². The van der Waals surface area contributed by atoms with E-state index in [0.29, 0.717) is 12.1 Å². The molecule has 104 valence electrons. The summed E-state index contributed by atoms with van der Waals surface area (Å²) >= 11 is 3.47.